The Kier molecular flexibility index (Phi) is 4.38. The van der Waals surface area contributed by atoms with E-state index in [-0.39, 0.29) is 0 Å². The summed E-state index contributed by atoms with van der Waals surface area (Å²) in [5.74, 6) is 0.402. The summed E-state index contributed by atoms with van der Waals surface area (Å²) in [6.45, 7) is 7.64. The molecular weight excluding hydrogens is 294 g/mol. The minimum Gasteiger partial charge on any atom is -0.462 e. The van der Waals surface area contributed by atoms with E-state index in [1.165, 1.54) is 0 Å². The number of hydrogen-bond acceptors (Lipinski definition) is 7. The highest BCUT2D eigenvalue weighted by Crippen LogP contribution is 2.27. The maximum Gasteiger partial charge on any atom is 0.342 e. The number of carbonyl (C=O) groups excluding carboxylic acids is 1. The zero-order valence-corrected chi connectivity index (χ0v) is 13.7. The second-order valence-corrected chi connectivity index (χ2v) is 5.66. The number of ether oxygens (including phenoxy) is 1. The van der Waals surface area contributed by atoms with Crippen molar-refractivity contribution < 1.29 is 9.53 Å². The van der Waals surface area contributed by atoms with Crippen molar-refractivity contribution in [3.63, 3.8) is 0 Å². The number of aryl methyl sites for hydroxylation is 1. The van der Waals surface area contributed by atoms with Crippen LogP contribution in [-0.2, 0) is 4.74 Å². The highest BCUT2D eigenvalue weighted by atomic mass is 16.5. The number of carbonyl (C=O) groups is 1. The second-order valence-electron chi connectivity index (χ2n) is 5.66. The number of hydrogen-bond donors (Lipinski definition) is 0. The Bertz CT molecular complexity index is 726. The van der Waals surface area contributed by atoms with Crippen molar-refractivity contribution in [3.05, 3.63) is 23.7 Å². The zero-order valence-electron chi connectivity index (χ0n) is 13.7. The van der Waals surface area contributed by atoms with Crippen molar-refractivity contribution in [1.29, 1.82) is 0 Å². The van der Waals surface area contributed by atoms with Crippen molar-refractivity contribution in [2.45, 2.75) is 13.8 Å². The topological polar surface area (TPSA) is 71.5 Å². The highest BCUT2D eigenvalue weighted by Gasteiger charge is 2.24. The summed E-state index contributed by atoms with van der Waals surface area (Å²) < 4.78 is 5.15. The number of esters is 1. The minimum atomic E-state index is -0.395. The number of rotatable bonds is 3. The van der Waals surface area contributed by atoms with Crippen molar-refractivity contribution in [3.8, 4) is 0 Å². The molecular formula is C16H21N5O2. The van der Waals surface area contributed by atoms with E-state index >= 15 is 0 Å². The fourth-order valence-corrected chi connectivity index (χ4v) is 2.81. The number of aromatic nitrogens is 3. The molecule has 0 bridgehead atoms. The Morgan fingerprint density at radius 3 is 2.48 bits per heavy atom. The maximum absolute atomic E-state index is 12.3. The van der Waals surface area contributed by atoms with Crippen LogP contribution in [0.4, 0.5) is 5.82 Å². The Morgan fingerprint density at radius 2 is 1.83 bits per heavy atom. The molecule has 122 valence electrons. The van der Waals surface area contributed by atoms with Gasteiger partial charge in [-0.05, 0) is 20.9 Å². The molecule has 0 aromatic carbocycles. The predicted octanol–water partition coefficient (Wildman–Crippen LogP) is 1.26. The molecule has 0 unspecified atom stereocenters. The van der Waals surface area contributed by atoms with Gasteiger partial charge in [0.25, 0.3) is 0 Å². The Hall–Kier alpha value is -2.28. The van der Waals surface area contributed by atoms with Gasteiger partial charge in [-0.3, -0.25) is 4.98 Å². The first-order chi connectivity index (χ1) is 11.1. The Balaban J connectivity index is 2.11. The van der Waals surface area contributed by atoms with Crippen LogP contribution in [-0.4, -0.2) is 65.7 Å². The van der Waals surface area contributed by atoms with E-state index in [1.807, 2.05) is 6.92 Å². The largest absolute Gasteiger partial charge is 0.462 e. The lowest BCUT2D eigenvalue weighted by Crippen LogP contribution is -2.45. The lowest BCUT2D eigenvalue weighted by atomic mass is 10.1. The van der Waals surface area contributed by atoms with Gasteiger partial charge in [0.05, 0.1) is 12.3 Å². The van der Waals surface area contributed by atoms with E-state index in [9.17, 15) is 4.79 Å². The Morgan fingerprint density at radius 1 is 1.17 bits per heavy atom. The van der Waals surface area contributed by atoms with Crippen LogP contribution in [0.2, 0.25) is 0 Å². The summed E-state index contributed by atoms with van der Waals surface area (Å²) in [7, 11) is 2.11. The molecule has 0 N–H and O–H groups in total. The van der Waals surface area contributed by atoms with Gasteiger partial charge in [0.2, 0.25) is 0 Å². The fraction of sp³-hybridized carbons (Fsp3) is 0.500. The van der Waals surface area contributed by atoms with E-state index in [1.54, 1.807) is 19.3 Å². The van der Waals surface area contributed by atoms with Crippen LogP contribution in [0.15, 0.2) is 12.4 Å². The molecule has 7 heteroatoms. The van der Waals surface area contributed by atoms with Crippen molar-refractivity contribution in [2.24, 2.45) is 0 Å². The molecule has 1 fully saturated rings. The van der Waals surface area contributed by atoms with E-state index in [0.29, 0.717) is 28.9 Å². The maximum atomic E-state index is 12.3. The average Bonchev–Trinajstić information content (AvgIpc) is 2.55. The smallest absolute Gasteiger partial charge is 0.342 e. The standard InChI is InChI=1S/C16H21N5O2/c1-4-23-16(22)12-11(2)19-15(14-13(12)17-5-6-18-14)21-9-7-20(3)8-10-21/h5-6H,4,7-10H2,1-3H3. The molecule has 2 aromatic heterocycles. The number of piperazine rings is 1. The average molecular weight is 315 g/mol. The van der Waals surface area contributed by atoms with Crippen LogP contribution < -0.4 is 4.90 Å². The van der Waals surface area contributed by atoms with Gasteiger partial charge in [0, 0.05) is 38.6 Å². The fourth-order valence-electron chi connectivity index (χ4n) is 2.81. The first kappa shape index (κ1) is 15.6. The molecule has 1 aliphatic rings. The third-order valence-electron chi connectivity index (χ3n) is 4.06. The normalized spacial score (nSPS) is 15.9. The van der Waals surface area contributed by atoms with Gasteiger partial charge < -0.3 is 14.5 Å². The van der Waals surface area contributed by atoms with Gasteiger partial charge in [-0.1, -0.05) is 0 Å². The molecule has 0 spiro atoms. The number of likely N-dealkylation sites (N-methyl/N-ethyl adjacent to an activating group) is 1. The van der Waals surface area contributed by atoms with Gasteiger partial charge >= 0.3 is 5.97 Å². The number of fused-ring (bicyclic) bond motifs is 1. The predicted molar refractivity (Wildman–Crippen MR) is 87.7 cm³/mol. The molecule has 0 radical (unpaired) electrons. The molecule has 1 saturated heterocycles. The first-order valence-corrected chi connectivity index (χ1v) is 7.83. The van der Waals surface area contributed by atoms with Crippen molar-refractivity contribution in [1.82, 2.24) is 19.9 Å². The van der Waals surface area contributed by atoms with Crippen LogP contribution in [0, 0.1) is 6.92 Å². The number of nitrogens with zero attached hydrogens (tertiary/aromatic N) is 5. The summed E-state index contributed by atoms with van der Waals surface area (Å²) in [5.41, 5.74) is 2.26. The Labute approximate surface area is 135 Å². The monoisotopic (exact) mass is 315 g/mol. The third kappa shape index (κ3) is 2.96. The van der Waals surface area contributed by atoms with Crippen LogP contribution in [0.3, 0.4) is 0 Å². The van der Waals surface area contributed by atoms with Gasteiger partial charge in [-0.25, -0.2) is 14.8 Å². The first-order valence-electron chi connectivity index (χ1n) is 7.83. The summed E-state index contributed by atoms with van der Waals surface area (Å²) in [6, 6.07) is 0. The third-order valence-corrected chi connectivity index (χ3v) is 4.06. The lowest BCUT2D eigenvalue weighted by Gasteiger charge is -2.33. The van der Waals surface area contributed by atoms with Crippen LogP contribution >= 0.6 is 0 Å². The molecule has 0 amide bonds. The van der Waals surface area contributed by atoms with Crippen LogP contribution in [0.5, 0.6) is 0 Å². The molecule has 7 nitrogen and oxygen atoms in total. The van der Waals surface area contributed by atoms with E-state index < -0.39 is 5.97 Å². The zero-order chi connectivity index (χ0) is 16.4. The molecule has 0 saturated carbocycles. The van der Waals surface area contributed by atoms with E-state index in [4.69, 9.17) is 4.74 Å². The minimum absolute atomic E-state index is 0.320. The molecule has 2 aromatic rings. The van der Waals surface area contributed by atoms with E-state index in [2.05, 4.69) is 31.8 Å². The number of pyridine rings is 1. The summed E-state index contributed by atoms with van der Waals surface area (Å²) in [5, 5.41) is 0. The van der Waals surface area contributed by atoms with Crippen molar-refractivity contribution >= 4 is 22.8 Å². The molecule has 3 rings (SSSR count). The molecule has 23 heavy (non-hydrogen) atoms. The van der Waals surface area contributed by atoms with E-state index in [0.717, 1.165) is 32.0 Å². The van der Waals surface area contributed by atoms with Gasteiger partial charge in [-0.15, -0.1) is 0 Å². The van der Waals surface area contributed by atoms with Gasteiger partial charge in [-0.2, -0.15) is 0 Å². The SMILES string of the molecule is CCOC(=O)c1c(C)nc(N2CCN(C)CC2)c2nccnc12. The van der Waals surface area contributed by atoms with Crippen molar-refractivity contribution in [2.75, 3.05) is 44.7 Å². The van der Waals surface area contributed by atoms with Gasteiger partial charge in [0.1, 0.15) is 16.6 Å². The summed E-state index contributed by atoms with van der Waals surface area (Å²) >= 11 is 0. The lowest BCUT2D eigenvalue weighted by molar-refractivity contribution is 0.0527. The summed E-state index contributed by atoms with van der Waals surface area (Å²) in [4.78, 5) is 30.2. The quantitative estimate of drug-likeness (QED) is 0.790. The van der Waals surface area contributed by atoms with Crippen LogP contribution in [0.1, 0.15) is 23.0 Å². The van der Waals surface area contributed by atoms with Gasteiger partial charge in [0.15, 0.2) is 5.82 Å². The highest BCUT2D eigenvalue weighted by molar-refractivity contribution is 6.05. The second kappa shape index (κ2) is 6.45. The molecule has 1 aliphatic heterocycles. The summed E-state index contributed by atoms with van der Waals surface area (Å²) in [6.07, 6.45) is 3.23. The molecule has 3 heterocycles. The van der Waals surface area contributed by atoms with Crippen LogP contribution in [0.25, 0.3) is 11.0 Å². The molecule has 0 atom stereocenters. The molecule has 0 aliphatic carbocycles. The number of anilines is 1.